The Morgan fingerprint density at radius 1 is 1.24 bits per heavy atom. The first kappa shape index (κ1) is 16.4. The maximum Gasteiger partial charge on any atom is 0.326 e. The molecule has 0 fully saturated rings. The molecule has 0 radical (unpaired) electrons. The zero-order valence-corrected chi connectivity index (χ0v) is 11.3. The Balaban J connectivity index is 2.38. The summed E-state index contributed by atoms with van der Waals surface area (Å²) in [6, 6.07) is 3.48. The first-order valence-electron chi connectivity index (χ1n) is 6.38. The zero-order valence-electron chi connectivity index (χ0n) is 11.3. The fourth-order valence-corrected chi connectivity index (χ4v) is 1.60. The molecular formula is C13H17N3O5. The Bertz CT molecular complexity index is 492. The molecule has 8 heteroatoms. The van der Waals surface area contributed by atoms with E-state index in [-0.39, 0.29) is 25.8 Å². The summed E-state index contributed by atoms with van der Waals surface area (Å²) < 4.78 is 0. The Morgan fingerprint density at radius 2 is 2.00 bits per heavy atom. The molecule has 1 rings (SSSR count). The van der Waals surface area contributed by atoms with Gasteiger partial charge in [-0.1, -0.05) is 6.07 Å². The topological polar surface area (TPSA) is 129 Å². The minimum Gasteiger partial charge on any atom is -0.481 e. The average Bonchev–Trinajstić information content (AvgIpc) is 2.44. The molecule has 0 aliphatic heterocycles. The van der Waals surface area contributed by atoms with Crippen LogP contribution in [0.1, 0.15) is 25.0 Å². The summed E-state index contributed by atoms with van der Waals surface area (Å²) in [5.74, 6) is -2.20. The van der Waals surface area contributed by atoms with Crippen LogP contribution in [0, 0.1) is 0 Å². The lowest BCUT2D eigenvalue weighted by Gasteiger charge is -2.14. The van der Waals surface area contributed by atoms with Crippen molar-refractivity contribution in [2.45, 2.75) is 31.8 Å². The quantitative estimate of drug-likeness (QED) is 0.555. The number of carbonyl (C=O) groups excluding carboxylic acids is 1. The molecule has 8 nitrogen and oxygen atoms in total. The van der Waals surface area contributed by atoms with E-state index < -0.39 is 24.0 Å². The molecule has 0 aliphatic rings. The van der Waals surface area contributed by atoms with Crippen molar-refractivity contribution >= 4 is 18.0 Å². The second-order valence-electron chi connectivity index (χ2n) is 4.32. The van der Waals surface area contributed by atoms with E-state index >= 15 is 0 Å². The van der Waals surface area contributed by atoms with Crippen LogP contribution in [0.2, 0.25) is 0 Å². The molecule has 0 unspecified atom stereocenters. The maximum atomic E-state index is 11.6. The lowest BCUT2D eigenvalue weighted by molar-refractivity contribution is -0.140. The van der Waals surface area contributed by atoms with Crippen LogP contribution < -0.4 is 10.6 Å². The third kappa shape index (κ3) is 6.90. The molecule has 1 aromatic heterocycles. The van der Waals surface area contributed by atoms with E-state index in [0.717, 1.165) is 0 Å². The van der Waals surface area contributed by atoms with E-state index in [1.54, 1.807) is 24.4 Å². The molecule has 21 heavy (non-hydrogen) atoms. The van der Waals surface area contributed by atoms with Gasteiger partial charge in [0.25, 0.3) is 0 Å². The molecule has 2 amide bonds. The zero-order chi connectivity index (χ0) is 15.7. The van der Waals surface area contributed by atoms with Crippen molar-refractivity contribution in [2.24, 2.45) is 0 Å². The number of carbonyl (C=O) groups is 3. The molecular weight excluding hydrogens is 278 g/mol. The van der Waals surface area contributed by atoms with Crippen LogP contribution in [0.3, 0.4) is 0 Å². The van der Waals surface area contributed by atoms with Crippen LogP contribution in [0.25, 0.3) is 0 Å². The van der Waals surface area contributed by atoms with Crippen LogP contribution in [0.15, 0.2) is 24.4 Å². The summed E-state index contributed by atoms with van der Waals surface area (Å²) in [6.45, 7) is 0.175. The third-order valence-electron chi connectivity index (χ3n) is 2.64. The molecule has 4 N–H and O–H groups in total. The van der Waals surface area contributed by atoms with Gasteiger partial charge in [-0.05, 0) is 25.0 Å². The van der Waals surface area contributed by atoms with Gasteiger partial charge in [0.1, 0.15) is 6.04 Å². The number of hydrogen-bond donors (Lipinski definition) is 4. The van der Waals surface area contributed by atoms with Crippen LogP contribution >= 0.6 is 0 Å². The van der Waals surface area contributed by atoms with E-state index in [4.69, 9.17) is 10.2 Å². The van der Waals surface area contributed by atoms with Gasteiger partial charge in [-0.3, -0.25) is 9.78 Å². The maximum absolute atomic E-state index is 11.6. The molecule has 114 valence electrons. The Hall–Kier alpha value is -2.64. The molecule has 0 spiro atoms. The van der Waals surface area contributed by atoms with Gasteiger partial charge in [0.15, 0.2) is 0 Å². The molecule has 0 saturated heterocycles. The lowest BCUT2D eigenvalue weighted by atomic mass is 10.1. The molecule has 0 bridgehead atoms. The average molecular weight is 295 g/mol. The van der Waals surface area contributed by atoms with Crippen LogP contribution in [0.4, 0.5) is 4.79 Å². The van der Waals surface area contributed by atoms with Gasteiger partial charge in [-0.25, -0.2) is 9.59 Å². The second-order valence-corrected chi connectivity index (χ2v) is 4.32. The lowest BCUT2D eigenvalue weighted by Crippen LogP contribution is -2.45. The number of nitrogens with one attached hydrogen (secondary N) is 2. The number of carboxylic acid groups (broad SMARTS) is 2. The van der Waals surface area contributed by atoms with Crippen molar-refractivity contribution in [2.75, 3.05) is 0 Å². The number of nitrogens with zero attached hydrogens (tertiary/aromatic N) is 1. The predicted molar refractivity (Wildman–Crippen MR) is 72.5 cm³/mol. The second kappa shape index (κ2) is 8.51. The summed E-state index contributed by atoms with van der Waals surface area (Å²) >= 11 is 0. The van der Waals surface area contributed by atoms with Gasteiger partial charge in [-0.2, -0.15) is 0 Å². The highest BCUT2D eigenvalue weighted by Crippen LogP contribution is 2.02. The number of carboxylic acids is 2. The number of urea groups is 1. The van der Waals surface area contributed by atoms with Gasteiger partial charge in [0, 0.05) is 12.6 Å². The SMILES string of the molecule is O=C(O)CCC[C@@H](NC(=O)NCc1ccccn1)C(=O)O. The first-order chi connectivity index (χ1) is 9.99. The fourth-order valence-electron chi connectivity index (χ4n) is 1.60. The number of aliphatic carboxylic acids is 2. The van der Waals surface area contributed by atoms with E-state index in [2.05, 4.69) is 15.6 Å². The highest BCUT2D eigenvalue weighted by atomic mass is 16.4. The van der Waals surface area contributed by atoms with Crippen LogP contribution in [-0.2, 0) is 16.1 Å². The summed E-state index contributed by atoms with van der Waals surface area (Å²) in [4.78, 5) is 37.0. The van der Waals surface area contributed by atoms with Crippen LogP contribution in [-0.4, -0.2) is 39.2 Å². The Labute approximate surface area is 121 Å². The fraction of sp³-hybridized carbons (Fsp3) is 0.385. The number of amides is 2. The molecule has 0 aromatic carbocycles. The summed E-state index contributed by atoms with van der Waals surface area (Å²) in [7, 11) is 0. The number of aromatic nitrogens is 1. The van der Waals surface area contributed by atoms with Crippen molar-refractivity contribution in [3.63, 3.8) is 0 Å². The highest BCUT2D eigenvalue weighted by molar-refractivity contribution is 5.82. The normalized spacial score (nSPS) is 11.4. The van der Waals surface area contributed by atoms with Gasteiger partial charge in [-0.15, -0.1) is 0 Å². The van der Waals surface area contributed by atoms with Crippen LogP contribution in [0.5, 0.6) is 0 Å². The van der Waals surface area contributed by atoms with Gasteiger partial charge in [0.05, 0.1) is 12.2 Å². The largest absolute Gasteiger partial charge is 0.481 e. The predicted octanol–water partition coefficient (Wildman–Crippen LogP) is 0.589. The number of rotatable bonds is 8. The highest BCUT2D eigenvalue weighted by Gasteiger charge is 2.19. The standard InChI is InChI=1S/C13H17N3O5/c17-11(18)6-3-5-10(12(19)20)16-13(21)15-8-9-4-1-2-7-14-9/h1-2,4,7,10H,3,5-6,8H2,(H,17,18)(H,19,20)(H2,15,16,21)/t10-/m1/s1. The van der Waals surface area contributed by atoms with Crippen molar-refractivity contribution in [1.82, 2.24) is 15.6 Å². The summed E-state index contributed by atoms with van der Waals surface area (Å²) in [6.07, 6.45) is 1.67. The Morgan fingerprint density at radius 3 is 2.57 bits per heavy atom. The monoisotopic (exact) mass is 295 g/mol. The van der Waals surface area contributed by atoms with Crippen molar-refractivity contribution in [3.05, 3.63) is 30.1 Å². The van der Waals surface area contributed by atoms with E-state index in [0.29, 0.717) is 5.69 Å². The first-order valence-corrected chi connectivity index (χ1v) is 6.38. The van der Waals surface area contributed by atoms with Crippen molar-refractivity contribution in [1.29, 1.82) is 0 Å². The smallest absolute Gasteiger partial charge is 0.326 e. The third-order valence-corrected chi connectivity index (χ3v) is 2.64. The Kier molecular flexibility index (Phi) is 6.66. The molecule has 1 heterocycles. The minimum atomic E-state index is -1.20. The van der Waals surface area contributed by atoms with E-state index in [1.807, 2.05) is 0 Å². The van der Waals surface area contributed by atoms with Gasteiger partial charge in [0.2, 0.25) is 0 Å². The number of pyridine rings is 1. The summed E-state index contributed by atoms with van der Waals surface area (Å²) in [5, 5.41) is 22.3. The molecule has 0 aliphatic carbocycles. The van der Waals surface area contributed by atoms with Gasteiger partial charge < -0.3 is 20.8 Å². The molecule has 1 atom stereocenters. The number of hydrogen-bond acceptors (Lipinski definition) is 4. The van der Waals surface area contributed by atoms with E-state index in [1.165, 1.54) is 0 Å². The van der Waals surface area contributed by atoms with Crippen molar-refractivity contribution in [3.8, 4) is 0 Å². The summed E-state index contributed by atoms with van der Waals surface area (Å²) in [5.41, 5.74) is 0.644. The van der Waals surface area contributed by atoms with Gasteiger partial charge >= 0.3 is 18.0 Å². The molecule has 1 aromatic rings. The van der Waals surface area contributed by atoms with Crippen molar-refractivity contribution < 1.29 is 24.6 Å². The van der Waals surface area contributed by atoms with E-state index in [9.17, 15) is 14.4 Å². The molecule has 0 saturated carbocycles. The minimum absolute atomic E-state index is 0.0542.